The summed E-state index contributed by atoms with van der Waals surface area (Å²) in [6.45, 7) is 2.88. The Balaban J connectivity index is 1.54. The van der Waals surface area contributed by atoms with Gasteiger partial charge in [-0.2, -0.15) is 0 Å². The molecule has 0 amide bonds. The van der Waals surface area contributed by atoms with E-state index in [9.17, 15) is 4.39 Å². The Morgan fingerprint density at radius 2 is 2.36 bits per heavy atom. The predicted molar refractivity (Wildman–Crippen MR) is 90.0 cm³/mol. The minimum atomic E-state index is -0.450. The molecular weight excluding hydrogens is 327 g/mol. The van der Waals surface area contributed by atoms with E-state index in [-0.39, 0.29) is 11.1 Å². The highest BCUT2D eigenvalue weighted by molar-refractivity contribution is 7.80. The Bertz CT molecular complexity index is 498. The zero-order valence-corrected chi connectivity index (χ0v) is 13.8. The van der Waals surface area contributed by atoms with Gasteiger partial charge >= 0.3 is 0 Å². The molecule has 4 nitrogen and oxygen atoms in total. The summed E-state index contributed by atoms with van der Waals surface area (Å²) in [7, 11) is 0. The lowest BCUT2D eigenvalue weighted by molar-refractivity contribution is 0.0168. The third-order valence-electron chi connectivity index (χ3n) is 3.26. The van der Waals surface area contributed by atoms with E-state index in [0.29, 0.717) is 30.6 Å². The van der Waals surface area contributed by atoms with Gasteiger partial charge in [-0.15, -0.1) is 0 Å². The molecule has 1 atom stereocenters. The van der Waals surface area contributed by atoms with Crippen molar-refractivity contribution < 1.29 is 13.9 Å². The van der Waals surface area contributed by atoms with Crippen molar-refractivity contribution in [1.82, 2.24) is 5.32 Å². The van der Waals surface area contributed by atoms with Crippen molar-refractivity contribution in [3.8, 4) is 0 Å². The van der Waals surface area contributed by atoms with E-state index in [2.05, 4.69) is 10.6 Å². The van der Waals surface area contributed by atoms with Gasteiger partial charge in [0.25, 0.3) is 0 Å². The molecule has 1 fully saturated rings. The summed E-state index contributed by atoms with van der Waals surface area (Å²) in [5, 5.41) is 6.56. The van der Waals surface area contributed by atoms with Crippen LogP contribution in [-0.4, -0.2) is 37.6 Å². The number of halogens is 2. The summed E-state index contributed by atoms with van der Waals surface area (Å²) in [4.78, 5) is 0. The van der Waals surface area contributed by atoms with Gasteiger partial charge in [0.15, 0.2) is 5.11 Å². The Kier molecular flexibility index (Phi) is 7.32. The lowest BCUT2D eigenvalue weighted by Crippen LogP contribution is -2.30. The first kappa shape index (κ1) is 17.4. The summed E-state index contributed by atoms with van der Waals surface area (Å²) in [5.74, 6) is -0.450. The van der Waals surface area contributed by atoms with Crippen LogP contribution in [0.5, 0.6) is 0 Å². The molecule has 122 valence electrons. The molecule has 0 unspecified atom stereocenters. The van der Waals surface area contributed by atoms with Gasteiger partial charge in [-0.25, -0.2) is 4.39 Å². The first-order valence-corrected chi connectivity index (χ1v) is 8.13. The second kappa shape index (κ2) is 9.25. The van der Waals surface area contributed by atoms with Crippen molar-refractivity contribution in [3.05, 3.63) is 29.0 Å². The summed E-state index contributed by atoms with van der Waals surface area (Å²) >= 11 is 10.9. The lowest BCUT2D eigenvalue weighted by atomic mass is 10.2. The number of benzene rings is 1. The van der Waals surface area contributed by atoms with Crippen LogP contribution in [0.25, 0.3) is 0 Å². The van der Waals surface area contributed by atoms with Gasteiger partial charge in [0.1, 0.15) is 5.82 Å². The topological polar surface area (TPSA) is 42.5 Å². The molecule has 22 heavy (non-hydrogen) atoms. The summed E-state index contributed by atoms with van der Waals surface area (Å²) in [5.41, 5.74) is 0.651. The zero-order chi connectivity index (χ0) is 15.8. The van der Waals surface area contributed by atoms with E-state index in [1.807, 2.05) is 0 Å². The van der Waals surface area contributed by atoms with Crippen LogP contribution in [0.3, 0.4) is 0 Å². The van der Waals surface area contributed by atoms with E-state index >= 15 is 0 Å². The monoisotopic (exact) mass is 346 g/mol. The van der Waals surface area contributed by atoms with Crippen molar-refractivity contribution in [1.29, 1.82) is 0 Å². The smallest absolute Gasteiger partial charge is 0.170 e. The van der Waals surface area contributed by atoms with Crippen molar-refractivity contribution in [2.45, 2.75) is 25.4 Å². The number of ether oxygens (including phenoxy) is 2. The zero-order valence-electron chi connectivity index (χ0n) is 12.2. The summed E-state index contributed by atoms with van der Waals surface area (Å²) < 4.78 is 24.1. The maximum atomic E-state index is 13.0. The van der Waals surface area contributed by atoms with Gasteiger partial charge < -0.3 is 20.1 Å². The Morgan fingerprint density at radius 1 is 1.50 bits per heavy atom. The normalized spacial score (nSPS) is 17.5. The minimum Gasteiger partial charge on any atom is -0.379 e. The predicted octanol–water partition coefficient (Wildman–Crippen LogP) is 3.35. The van der Waals surface area contributed by atoms with Crippen LogP contribution < -0.4 is 10.6 Å². The molecule has 2 N–H and O–H groups in total. The van der Waals surface area contributed by atoms with Crippen molar-refractivity contribution in [3.63, 3.8) is 0 Å². The lowest BCUT2D eigenvalue weighted by Gasteiger charge is -2.12. The fraction of sp³-hybridized carbons (Fsp3) is 0.533. The quantitative estimate of drug-likeness (QED) is 0.585. The molecule has 0 bridgehead atoms. The molecule has 1 aromatic carbocycles. The molecule has 2 rings (SSSR count). The molecule has 1 saturated heterocycles. The maximum Gasteiger partial charge on any atom is 0.170 e. The van der Waals surface area contributed by atoms with Gasteiger partial charge in [-0.05, 0) is 49.7 Å². The molecule has 1 aliphatic heterocycles. The SMILES string of the molecule is Fc1ccc(NC(=S)NCCCOC[C@H]2CCCO2)cc1Cl. The number of hydrogen-bond acceptors (Lipinski definition) is 3. The van der Waals surface area contributed by atoms with Crippen LogP contribution in [0.1, 0.15) is 19.3 Å². The molecule has 0 radical (unpaired) electrons. The van der Waals surface area contributed by atoms with Crippen LogP contribution in [0.4, 0.5) is 10.1 Å². The molecule has 0 saturated carbocycles. The van der Waals surface area contributed by atoms with E-state index in [1.165, 1.54) is 12.1 Å². The third kappa shape index (κ3) is 6.04. The molecule has 1 aliphatic rings. The number of thiocarbonyl (C=S) groups is 1. The van der Waals surface area contributed by atoms with Gasteiger partial charge in [0.05, 0.1) is 17.7 Å². The summed E-state index contributed by atoms with van der Waals surface area (Å²) in [6.07, 6.45) is 3.33. The number of hydrogen-bond donors (Lipinski definition) is 2. The van der Waals surface area contributed by atoms with E-state index in [4.69, 9.17) is 33.3 Å². The average Bonchev–Trinajstić information content (AvgIpc) is 3.00. The first-order valence-electron chi connectivity index (χ1n) is 7.34. The highest BCUT2D eigenvalue weighted by Crippen LogP contribution is 2.19. The highest BCUT2D eigenvalue weighted by atomic mass is 35.5. The molecular formula is C15H20ClFN2O2S. The average molecular weight is 347 g/mol. The van der Waals surface area contributed by atoms with Gasteiger partial charge in [-0.1, -0.05) is 11.6 Å². The number of nitrogens with one attached hydrogen (secondary N) is 2. The molecule has 0 spiro atoms. The maximum absolute atomic E-state index is 13.0. The van der Waals surface area contributed by atoms with E-state index in [0.717, 1.165) is 25.9 Å². The van der Waals surface area contributed by atoms with Crippen LogP contribution >= 0.6 is 23.8 Å². The Hall–Kier alpha value is -0.950. The van der Waals surface area contributed by atoms with Crippen molar-refractivity contribution in [2.24, 2.45) is 0 Å². The minimum absolute atomic E-state index is 0.0651. The van der Waals surface area contributed by atoms with Gasteiger partial charge in [0, 0.05) is 25.4 Å². The Labute approximate surface area is 140 Å². The molecule has 0 aliphatic carbocycles. The third-order valence-corrected chi connectivity index (χ3v) is 3.79. The first-order chi connectivity index (χ1) is 10.6. The number of rotatable bonds is 7. The molecule has 7 heteroatoms. The molecule has 1 aromatic rings. The van der Waals surface area contributed by atoms with Crippen molar-refractivity contribution in [2.75, 3.05) is 31.7 Å². The second-order valence-corrected chi connectivity index (χ2v) is 5.89. The molecule has 1 heterocycles. The van der Waals surface area contributed by atoms with Gasteiger partial charge in [-0.3, -0.25) is 0 Å². The largest absolute Gasteiger partial charge is 0.379 e. The van der Waals surface area contributed by atoms with Crippen LogP contribution in [-0.2, 0) is 9.47 Å². The number of anilines is 1. The van der Waals surface area contributed by atoms with Crippen LogP contribution in [0, 0.1) is 5.82 Å². The standard InChI is InChI=1S/C15H20ClFN2O2S/c16-13-9-11(4-5-14(13)17)19-15(22)18-6-2-7-20-10-12-3-1-8-21-12/h4-5,9,12H,1-3,6-8,10H2,(H2,18,19,22)/t12-/m1/s1. The fourth-order valence-corrected chi connectivity index (χ4v) is 2.52. The molecule has 0 aromatic heterocycles. The van der Waals surface area contributed by atoms with Crippen LogP contribution in [0.2, 0.25) is 5.02 Å². The fourth-order valence-electron chi connectivity index (χ4n) is 2.12. The Morgan fingerprint density at radius 3 is 3.09 bits per heavy atom. The van der Waals surface area contributed by atoms with E-state index < -0.39 is 5.82 Å². The summed E-state index contributed by atoms with van der Waals surface area (Å²) in [6, 6.07) is 4.38. The van der Waals surface area contributed by atoms with Gasteiger partial charge in [0.2, 0.25) is 0 Å². The van der Waals surface area contributed by atoms with Crippen LogP contribution in [0.15, 0.2) is 18.2 Å². The van der Waals surface area contributed by atoms with E-state index in [1.54, 1.807) is 6.07 Å². The second-order valence-electron chi connectivity index (χ2n) is 5.07. The van der Waals surface area contributed by atoms with Crippen molar-refractivity contribution >= 4 is 34.6 Å². The highest BCUT2D eigenvalue weighted by Gasteiger charge is 2.14.